The number of carboxylic acid groups (broad SMARTS) is 1. The molecule has 1 amide bonds. The van der Waals surface area contributed by atoms with Crippen LogP contribution in [0, 0.1) is 5.92 Å². The van der Waals surface area contributed by atoms with Gasteiger partial charge in [0, 0.05) is 41.3 Å². The minimum Gasteiger partial charge on any atom is -0.494 e. The molecule has 0 bridgehead atoms. The number of ether oxygens (including phenoxy) is 1. The Bertz CT molecular complexity index is 1140. The van der Waals surface area contributed by atoms with E-state index in [1.54, 1.807) is 12.1 Å². The number of nitrogens with zero attached hydrogens (tertiary/aromatic N) is 1. The van der Waals surface area contributed by atoms with E-state index < -0.39 is 5.97 Å². The first-order valence-electron chi connectivity index (χ1n) is 14.0. The van der Waals surface area contributed by atoms with Crippen LogP contribution >= 0.6 is 0 Å². The van der Waals surface area contributed by atoms with Gasteiger partial charge in [0.1, 0.15) is 5.75 Å². The molecule has 1 unspecified atom stereocenters. The van der Waals surface area contributed by atoms with Gasteiger partial charge >= 0.3 is 5.97 Å². The second-order valence-electron chi connectivity index (χ2n) is 9.92. The predicted molar refractivity (Wildman–Crippen MR) is 157 cm³/mol. The third-order valence-electron chi connectivity index (χ3n) is 6.92. The molecule has 1 saturated carbocycles. The van der Waals surface area contributed by atoms with Gasteiger partial charge in [-0.3, -0.25) is 14.6 Å². The van der Waals surface area contributed by atoms with Gasteiger partial charge in [-0.25, -0.2) is 0 Å². The van der Waals surface area contributed by atoms with Crippen LogP contribution in [-0.2, 0) is 4.79 Å². The molecule has 0 saturated heterocycles. The molecule has 2 aromatic rings. The van der Waals surface area contributed by atoms with Crippen LogP contribution in [0.4, 0.5) is 11.4 Å². The second kappa shape index (κ2) is 15.6. The fourth-order valence-electron chi connectivity index (χ4n) is 4.94. The summed E-state index contributed by atoms with van der Waals surface area (Å²) in [6.07, 6.45) is 9.35. The topological polar surface area (TPSA) is 126 Å². The highest BCUT2D eigenvalue weighted by Crippen LogP contribution is 2.33. The average Bonchev–Trinajstić information content (AvgIpc) is 2.93. The summed E-state index contributed by atoms with van der Waals surface area (Å²) < 4.78 is 5.64. The van der Waals surface area contributed by atoms with Gasteiger partial charge < -0.3 is 26.2 Å². The molecule has 1 aliphatic carbocycles. The Morgan fingerprint density at radius 2 is 1.85 bits per heavy atom. The van der Waals surface area contributed by atoms with Crippen LogP contribution in [-0.4, -0.2) is 42.4 Å². The van der Waals surface area contributed by atoms with Gasteiger partial charge in [0.2, 0.25) is 0 Å². The lowest BCUT2D eigenvalue weighted by atomic mass is 9.80. The van der Waals surface area contributed by atoms with Gasteiger partial charge in [-0.2, -0.15) is 0 Å². The lowest BCUT2D eigenvalue weighted by molar-refractivity contribution is -0.136. The molecular formula is C31H42N4O4. The first kappa shape index (κ1) is 29.7. The Balaban J connectivity index is 1.86. The molecule has 0 spiro atoms. The molecule has 1 atom stereocenters. The summed E-state index contributed by atoms with van der Waals surface area (Å²) in [7, 11) is 0. The summed E-state index contributed by atoms with van der Waals surface area (Å²) in [5.74, 6) is -0.0428. The largest absolute Gasteiger partial charge is 0.494 e. The zero-order valence-electron chi connectivity index (χ0n) is 23.1. The summed E-state index contributed by atoms with van der Waals surface area (Å²) in [6, 6.07) is 15.0. The number of anilines is 1. The van der Waals surface area contributed by atoms with Crippen molar-refractivity contribution in [2.24, 2.45) is 16.6 Å². The van der Waals surface area contributed by atoms with Gasteiger partial charge in [-0.05, 0) is 68.5 Å². The van der Waals surface area contributed by atoms with Gasteiger partial charge in [-0.1, -0.05) is 38.7 Å². The van der Waals surface area contributed by atoms with Crippen LogP contribution in [0.15, 0.2) is 64.8 Å². The van der Waals surface area contributed by atoms with Crippen LogP contribution < -0.4 is 21.1 Å². The number of carbonyl (C=O) groups is 2. The number of aliphatic carboxylic acids is 1. The fourth-order valence-corrected chi connectivity index (χ4v) is 4.94. The molecular weight excluding hydrogens is 492 g/mol. The molecule has 5 N–H and O–H groups in total. The van der Waals surface area contributed by atoms with Crippen molar-refractivity contribution >= 4 is 29.5 Å². The van der Waals surface area contributed by atoms with Crippen LogP contribution in [0.3, 0.4) is 0 Å². The molecule has 8 nitrogen and oxygen atoms in total. The number of rotatable bonds is 14. The number of carboxylic acids is 1. The Hall–Kier alpha value is -3.81. The Kier molecular flexibility index (Phi) is 11.9. The normalized spacial score (nSPS) is 15.4. The van der Waals surface area contributed by atoms with Gasteiger partial charge in [0.15, 0.2) is 0 Å². The van der Waals surface area contributed by atoms with E-state index in [0.717, 1.165) is 54.1 Å². The third kappa shape index (κ3) is 9.46. The molecule has 0 aromatic heterocycles. The number of amides is 1. The lowest BCUT2D eigenvalue weighted by Crippen LogP contribution is -2.35. The molecule has 2 aromatic carbocycles. The summed E-state index contributed by atoms with van der Waals surface area (Å²) >= 11 is 0. The van der Waals surface area contributed by atoms with E-state index in [4.69, 9.17) is 20.6 Å². The van der Waals surface area contributed by atoms with E-state index in [2.05, 4.69) is 17.6 Å². The number of hydrogen-bond donors (Lipinski definition) is 4. The smallest absolute Gasteiger partial charge is 0.305 e. The van der Waals surface area contributed by atoms with Crippen LogP contribution in [0.5, 0.6) is 5.75 Å². The summed E-state index contributed by atoms with van der Waals surface area (Å²) in [5, 5.41) is 15.2. The number of benzene rings is 2. The quantitative estimate of drug-likeness (QED) is 0.218. The standard InChI is InChI=1S/C31H42N4O4/c1-3-9-28(32)27(21-34-25-12-8-13-26(20-25)39-4-2)30(22-10-6-5-7-11-22)35-24-16-14-23(15-17-24)31(38)33-19-18-29(36)37/h8,12-17,20-22,30,35H,3-7,9-11,18-19,32H2,1-2H3,(H,33,38)(H,36,37). The fraction of sp³-hybridized carbons (Fsp3) is 0.452. The maximum absolute atomic E-state index is 12.4. The van der Waals surface area contributed by atoms with Crippen molar-refractivity contribution in [3.63, 3.8) is 0 Å². The summed E-state index contributed by atoms with van der Waals surface area (Å²) in [4.78, 5) is 27.9. The highest BCUT2D eigenvalue weighted by molar-refractivity contribution is 5.94. The number of nitrogens with one attached hydrogen (secondary N) is 2. The van der Waals surface area contributed by atoms with Gasteiger partial charge in [-0.15, -0.1) is 0 Å². The number of nitrogens with two attached hydrogens (primary N) is 1. The SMILES string of the molecule is CCCC(N)=C(C=Nc1cccc(OCC)c1)C(Nc1ccc(C(=O)NCCC(=O)O)cc1)C1CCCCC1. The lowest BCUT2D eigenvalue weighted by Gasteiger charge is -2.33. The zero-order chi connectivity index (χ0) is 28.0. The van der Waals surface area contributed by atoms with E-state index in [0.29, 0.717) is 18.1 Å². The summed E-state index contributed by atoms with van der Waals surface area (Å²) in [6.45, 7) is 4.77. The van der Waals surface area contributed by atoms with E-state index >= 15 is 0 Å². The summed E-state index contributed by atoms with van der Waals surface area (Å²) in [5.41, 5.74) is 10.7. The average molecular weight is 535 g/mol. The molecule has 39 heavy (non-hydrogen) atoms. The van der Waals surface area contributed by atoms with Crippen molar-refractivity contribution in [1.82, 2.24) is 5.32 Å². The first-order chi connectivity index (χ1) is 18.9. The number of allylic oxidation sites excluding steroid dienone is 1. The molecule has 1 aliphatic rings. The molecule has 1 fully saturated rings. The zero-order valence-corrected chi connectivity index (χ0v) is 23.1. The van der Waals surface area contributed by atoms with Crippen LogP contribution in [0.1, 0.15) is 75.6 Å². The molecule has 3 rings (SSSR count). The van der Waals surface area contributed by atoms with E-state index in [1.807, 2.05) is 49.5 Å². The third-order valence-corrected chi connectivity index (χ3v) is 6.92. The van der Waals surface area contributed by atoms with Crippen LogP contribution in [0.25, 0.3) is 0 Å². The van der Waals surface area contributed by atoms with Gasteiger partial charge in [0.25, 0.3) is 5.91 Å². The van der Waals surface area contributed by atoms with E-state index in [9.17, 15) is 9.59 Å². The monoisotopic (exact) mass is 534 g/mol. The van der Waals surface area contributed by atoms with Crippen molar-refractivity contribution in [3.05, 3.63) is 65.4 Å². The van der Waals surface area contributed by atoms with Crippen molar-refractivity contribution in [2.45, 2.75) is 71.3 Å². The van der Waals surface area contributed by atoms with Crippen molar-refractivity contribution < 1.29 is 19.4 Å². The van der Waals surface area contributed by atoms with Gasteiger partial charge in [0.05, 0.1) is 24.8 Å². The second-order valence-corrected chi connectivity index (χ2v) is 9.92. The molecule has 8 heteroatoms. The Labute approximate surface area is 231 Å². The van der Waals surface area contributed by atoms with Crippen molar-refractivity contribution in [3.8, 4) is 5.75 Å². The number of aliphatic imine (C=N–C) groups is 1. The van der Waals surface area contributed by atoms with Crippen LogP contribution in [0.2, 0.25) is 0 Å². The number of hydrogen-bond acceptors (Lipinski definition) is 6. The number of carbonyl (C=O) groups excluding carboxylic acids is 1. The van der Waals surface area contributed by atoms with E-state index in [1.165, 1.54) is 19.3 Å². The highest BCUT2D eigenvalue weighted by Gasteiger charge is 2.28. The Morgan fingerprint density at radius 3 is 2.51 bits per heavy atom. The predicted octanol–water partition coefficient (Wildman–Crippen LogP) is 6.07. The molecule has 0 aliphatic heterocycles. The maximum atomic E-state index is 12.4. The van der Waals surface area contributed by atoms with Crippen molar-refractivity contribution in [1.29, 1.82) is 0 Å². The van der Waals surface area contributed by atoms with E-state index in [-0.39, 0.29) is 24.9 Å². The highest BCUT2D eigenvalue weighted by atomic mass is 16.5. The molecule has 210 valence electrons. The maximum Gasteiger partial charge on any atom is 0.305 e. The Morgan fingerprint density at radius 1 is 1.10 bits per heavy atom. The molecule has 0 radical (unpaired) electrons. The minimum atomic E-state index is -0.944. The van der Waals surface area contributed by atoms with Crippen molar-refractivity contribution in [2.75, 3.05) is 18.5 Å². The first-order valence-corrected chi connectivity index (χ1v) is 14.0. The minimum absolute atomic E-state index is 0.0223. The molecule has 0 heterocycles.